The van der Waals surface area contributed by atoms with Gasteiger partial charge in [-0.25, -0.2) is 14.8 Å². The Kier molecular flexibility index (Phi) is 5.48. The van der Waals surface area contributed by atoms with E-state index in [9.17, 15) is 9.59 Å². The maximum atomic E-state index is 12.5. The zero-order valence-corrected chi connectivity index (χ0v) is 16.8. The van der Waals surface area contributed by atoms with Crippen LogP contribution in [0.25, 0.3) is 0 Å². The third-order valence-electron chi connectivity index (χ3n) is 4.02. The van der Waals surface area contributed by atoms with Crippen molar-refractivity contribution in [1.29, 1.82) is 0 Å². The van der Waals surface area contributed by atoms with E-state index in [2.05, 4.69) is 0 Å². The summed E-state index contributed by atoms with van der Waals surface area (Å²) in [6.07, 6.45) is 0. The number of hydrogen-bond donors (Lipinski definition) is 0. The lowest BCUT2D eigenvalue weighted by molar-refractivity contribution is -0.129. The number of imide groups is 1. The summed E-state index contributed by atoms with van der Waals surface area (Å²) in [7, 11) is 3.12. The van der Waals surface area contributed by atoms with Crippen LogP contribution in [0.4, 0.5) is 10.5 Å². The Morgan fingerprint density at radius 1 is 1.00 bits per heavy atom. The van der Waals surface area contributed by atoms with Gasteiger partial charge in [0.15, 0.2) is 0 Å². The maximum Gasteiger partial charge on any atom is 0.345 e. The highest BCUT2D eigenvalue weighted by Crippen LogP contribution is 2.41. The molecule has 26 heavy (non-hydrogen) atoms. The molecule has 0 aliphatic carbocycles. The second-order valence-corrected chi connectivity index (χ2v) is 7.91. The molecule has 1 aliphatic heterocycles. The molecule has 0 aromatic heterocycles. The van der Waals surface area contributed by atoms with Gasteiger partial charge in [-0.05, 0) is 31.2 Å². The molecule has 2 aromatic rings. The lowest BCUT2D eigenvalue weighted by atomic mass is 10.2. The number of likely N-dealkylation sites (N-methyl/N-ethyl adjacent to an activating group) is 2. The quantitative estimate of drug-likeness (QED) is 0.736. The van der Waals surface area contributed by atoms with Crippen molar-refractivity contribution in [1.82, 2.24) is 9.91 Å². The summed E-state index contributed by atoms with van der Waals surface area (Å²) in [5.41, 5.74) is 1.69. The molecule has 5 nitrogen and oxygen atoms in total. The summed E-state index contributed by atoms with van der Waals surface area (Å²) >= 11 is 14.4. The summed E-state index contributed by atoms with van der Waals surface area (Å²) in [4.78, 5) is 27.1. The molecule has 3 rings (SSSR count). The van der Waals surface area contributed by atoms with Crippen molar-refractivity contribution in [3.63, 3.8) is 0 Å². The Hall–Kier alpha value is -1.73. The van der Waals surface area contributed by atoms with Gasteiger partial charge < -0.3 is 0 Å². The maximum absolute atomic E-state index is 12.5. The Morgan fingerprint density at radius 3 is 2.15 bits per heavy atom. The van der Waals surface area contributed by atoms with Crippen LogP contribution in [0, 0.1) is 6.92 Å². The molecule has 1 saturated heterocycles. The zero-order chi connectivity index (χ0) is 19.0. The number of urea groups is 1. The minimum Gasteiger partial charge on any atom is -0.273 e. The number of hydrogen-bond acceptors (Lipinski definition) is 4. The van der Waals surface area contributed by atoms with Gasteiger partial charge in [0.1, 0.15) is 0 Å². The first kappa shape index (κ1) is 19.0. The van der Waals surface area contributed by atoms with Crippen molar-refractivity contribution in [3.8, 4) is 0 Å². The molecule has 1 heterocycles. The van der Waals surface area contributed by atoms with Gasteiger partial charge in [0, 0.05) is 23.9 Å². The molecule has 1 fully saturated rings. The number of aryl methyl sites for hydroxylation is 1. The highest BCUT2D eigenvalue weighted by molar-refractivity contribution is 7.99. The average molecular weight is 410 g/mol. The Labute approximate surface area is 166 Å². The van der Waals surface area contributed by atoms with Gasteiger partial charge in [0.2, 0.25) is 5.91 Å². The highest BCUT2D eigenvalue weighted by Gasteiger charge is 2.34. The van der Waals surface area contributed by atoms with Crippen LogP contribution in [0.1, 0.15) is 5.56 Å². The van der Waals surface area contributed by atoms with Gasteiger partial charge in [-0.15, -0.1) is 0 Å². The first-order valence-electron chi connectivity index (χ1n) is 7.83. The van der Waals surface area contributed by atoms with Crippen LogP contribution in [0.5, 0.6) is 0 Å². The predicted molar refractivity (Wildman–Crippen MR) is 105 cm³/mol. The van der Waals surface area contributed by atoms with Crippen molar-refractivity contribution in [2.75, 3.05) is 25.6 Å². The number of halogens is 2. The lowest BCUT2D eigenvalue weighted by Gasteiger charge is -2.38. The van der Waals surface area contributed by atoms with E-state index in [4.69, 9.17) is 23.2 Å². The van der Waals surface area contributed by atoms with Gasteiger partial charge in [-0.2, -0.15) is 0 Å². The molecule has 136 valence electrons. The number of anilines is 1. The molecule has 0 atom stereocenters. The summed E-state index contributed by atoms with van der Waals surface area (Å²) in [6, 6.07) is 11.0. The lowest BCUT2D eigenvalue weighted by Crippen LogP contribution is -2.60. The van der Waals surface area contributed by atoms with Crippen molar-refractivity contribution in [2.24, 2.45) is 0 Å². The molecule has 0 unspecified atom stereocenters. The second kappa shape index (κ2) is 7.48. The first-order valence-corrected chi connectivity index (χ1v) is 9.40. The first-order chi connectivity index (χ1) is 12.3. The van der Waals surface area contributed by atoms with E-state index in [0.717, 1.165) is 14.7 Å². The van der Waals surface area contributed by atoms with Gasteiger partial charge in [-0.3, -0.25) is 9.69 Å². The summed E-state index contributed by atoms with van der Waals surface area (Å²) in [6.45, 7) is 2.12. The van der Waals surface area contributed by atoms with E-state index >= 15 is 0 Å². The zero-order valence-electron chi connectivity index (χ0n) is 14.5. The fourth-order valence-corrected chi connectivity index (χ4v) is 4.09. The molecule has 0 spiro atoms. The summed E-state index contributed by atoms with van der Waals surface area (Å²) in [5.74, 6) is -0.266. The number of rotatable bonds is 3. The van der Waals surface area contributed by atoms with Crippen LogP contribution in [0.15, 0.2) is 46.2 Å². The SMILES string of the molecule is Cc1ccc(Sc2c(Cl)cc(N3C(=O)N(C)C(=O)CN3C)cc2Cl)cc1. The van der Waals surface area contributed by atoms with Gasteiger partial charge in [0.25, 0.3) is 0 Å². The molecule has 0 N–H and O–H groups in total. The molecule has 1 aliphatic rings. The van der Waals surface area contributed by atoms with E-state index in [0.29, 0.717) is 15.7 Å². The topological polar surface area (TPSA) is 43.9 Å². The van der Waals surface area contributed by atoms with Crippen LogP contribution in [0.2, 0.25) is 10.0 Å². The second-order valence-electron chi connectivity index (χ2n) is 6.02. The van der Waals surface area contributed by atoms with Crippen molar-refractivity contribution >= 4 is 52.6 Å². The molecule has 3 amide bonds. The molecule has 0 radical (unpaired) electrons. The average Bonchev–Trinajstić information content (AvgIpc) is 2.58. The van der Waals surface area contributed by atoms with E-state index in [1.807, 2.05) is 31.2 Å². The van der Waals surface area contributed by atoms with Crippen LogP contribution < -0.4 is 5.01 Å². The van der Waals surface area contributed by atoms with E-state index in [1.54, 1.807) is 24.2 Å². The Morgan fingerprint density at radius 2 is 1.58 bits per heavy atom. The number of nitrogens with zero attached hydrogens (tertiary/aromatic N) is 3. The normalized spacial score (nSPS) is 15.7. The summed E-state index contributed by atoms with van der Waals surface area (Å²) in [5, 5.41) is 3.82. The molecular weight excluding hydrogens is 393 g/mol. The third-order valence-corrected chi connectivity index (χ3v) is 5.99. The van der Waals surface area contributed by atoms with Gasteiger partial charge >= 0.3 is 6.03 Å². The standard InChI is InChI=1S/C18H17Cl2N3O2S/c1-11-4-6-13(7-5-11)26-17-14(19)8-12(9-15(17)20)23-18(25)22(3)16(24)10-21(23)2/h4-9H,10H2,1-3H3. The number of amides is 3. The van der Waals surface area contributed by atoms with Crippen LogP contribution >= 0.6 is 35.0 Å². The van der Waals surface area contributed by atoms with Crippen LogP contribution in [-0.2, 0) is 4.79 Å². The van der Waals surface area contributed by atoms with Gasteiger partial charge in [-0.1, -0.05) is 52.7 Å². The third kappa shape index (κ3) is 3.69. The largest absolute Gasteiger partial charge is 0.345 e. The molecule has 0 saturated carbocycles. The number of carbonyl (C=O) groups is 2. The number of benzene rings is 2. The number of hydrazine groups is 1. The molecule has 8 heteroatoms. The Bertz CT molecular complexity index is 850. The van der Waals surface area contributed by atoms with Gasteiger partial charge in [0.05, 0.1) is 22.3 Å². The minimum atomic E-state index is -0.449. The molecule has 0 bridgehead atoms. The smallest absolute Gasteiger partial charge is 0.273 e. The fourth-order valence-electron chi connectivity index (χ4n) is 2.57. The molecule has 2 aromatic carbocycles. The Balaban J connectivity index is 1.93. The van der Waals surface area contributed by atoms with Crippen molar-refractivity contribution < 1.29 is 9.59 Å². The van der Waals surface area contributed by atoms with E-state index in [1.165, 1.54) is 29.4 Å². The van der Waals surface area contributed by atoms with Crippen molar-refractivity contribution in [2.45, 2.75) is 16.7 Å². The fraction of sp³-hybridized carbons (Fsp3) is 0.222. The monoisotopic (exact) mass is 409 g/mol. The summed E-state index contributed by atoms with van der Waals surface area (Å²) < 4.78 is 0. The predicted octanol–water partition coefficient (Wildman–Crippen LogP) is 4.70. The van der Waals surface area contributed by atoms with E-state index < -0.39 is 6.03 Å². The van der Waals surface area contributed by atoms with Crippen LogP contribution in [0.3, 0.4) is 0 Å². The van der Waals surface area contributed by atoms with E-state index in [-0.39, 0.29) is 12.5 Å². The number of carbonyl (C=O) groups excluding carboxylic acids is 2. The molecular formula is C18H17Cl2N3O2S. The highest BCUT2D eigenvalue weighted by atomic mass is 35.5. The van der Waals surface area contributed by atoms with Crippen LogP contribution in [-0.4, -0.2) is 42.5 Å². The minimum absolute atomic E-state index is 0.0946. The van der Waals surface area contributed by atoms with Crippen molar-refractivity contribution in [3.05, 3.63) is 52.0 Å².